The van der Waals surface area contributed by atoms with Crippen molar-refractivity contribution < 1.29 is 14.1 Å². The Morgan fingerprint density at radius 3 is 2.82 bits per heavy atom. The monoisotopic (exact) mass is 378 g/mol. The number of pyridine rings is 1. The van der Waals surface area contributed by atoms with Gasteiger partial charge in [0.25, 0.3) is 17.5 Å². The van der Waals surface area contributed by atoms with Crippen molar-refractivity contribution >= 4 is 22.9 Å². The van der Waals surface area contributed by atoms with Gasteiger partial charge in [-0.3, -0.25) is 9.59 Å². The van der Waals surface area contributed by atoms with Gasteiger partial charge in [-0.25, -0.2) is 4.98 Å². The Hall–Kier alpha value is -3.22. The number of carbonyl (C=O) groups is 2. The molecule has 2 amide bonds. The van der Waals surface area contributed by atoms with Crippen molar-refractivity contribution in [3.05, 3.63) is 58.4 Å². The highest BCUT2D eigenvalue weighted by molar-refractivity contribution is 6.06. The predicted octanol–water partition coefficient (Wildman–Crippen LogP) is 2.83. The molecule has 1 fully saturated rings. The second-order valence-electron chi connectivity index (χ2n) is 7.24. The summed E-state index contributed by atoms with van der Waals surface area (Å²) in [6, 6.07) is 9.35. The van der Waals surface area contributed by atoms with Crippen molar-refractivity contribution in [3.8, 4) is 0 Å². The van der Waals surface area contributed by atoms with Crippen LogP contribution in [0.2, 0.25) is 0 Å². The molecule has 2 aromatic heterocycles. The summed E-state index contributed by atoms with van der Waals surface area (Å²) in [5.41, 5.74) is 3.99. The average molecular weight is 378 g/mol. The predicted molar refractivity (Wildman–Crippen MR) is 104 cm³/mol. The Morgan fingerprint density at radius 2 is 2.07 bits per heavy atom. The fourth-order valence-electron chi connectivity index (χ4n) is 3.82. The van der Waals surface area contributed by atoms with Crippen molar-refractivity contribution in [1.29, 1.82) is 0 Å². The van der Waals surface area contributed by atoms with Crippen LogP contribution in [0.25, 0.3) is 11.1 Å². The molecular formula is C21H22N4O3. The Kier molecular flexibility index (Phi) is 4.58. The summed E-state index contributed by atoms with van der Waals surface area (Å²) < 4.78 is 5.43. The summed E-state index contributed by atoms with van der Waals surface area (Å²) in [5, 5.41) is 7.52. The van der Waals surface area contributed by atoms with Crippen LogP contribution in [-0.4, -0.2) is 47.0 Å². The largest absolute Gasteiger partial charge is 0.355 e. The van der Waals surface area contributed by atoms with Gasteiger partial charge in [-0.15, -0.1) is 0 Å². The molecule has 1 N–H and O–H groups in total. The topological polar surface area (TPSA) is 88.3 Å². The zero-order valence-electron chi connectivity index (χ0n) is 16.2. The minimum absolute atomic E-state index is 0.00271. The molecule has 1 aliphatic rings. The molecule has 0 bridgehead atoms. The van der Waals surface area contributed by atoms with Crippen LogP contribution < -0.4 is 5.32 Å². The van der Waals surface area contributed by atoms with E-state index in [4.69, 9.17) is 4.52 Å². The molecule has 1 saturated heterocycles. The highest BCUT2D eigenvalue weighted by Crippen LogP contribution is 2.34. The molecule has 0 aliphatic carbocycles. The molecule has 7 nitrogen and oxygen atoms in total. The van der Waals surface area contributed by atoms with Crippen LogP contribution in [-0.2, 0) is 0 Å². The maximum Gasteiger partial charge on any atom is 0.259 e. The van der Waals surface area contributed by atoms with E-state index in [2.05, 4.69) is 15.5 Å². The van der Waals surface area contributed by atoms with Crippen LogP contribution >= 0.6 is 0 Å². The molecule has 1 aliphatic heterocycles. The number of likely N-dealkylation sites (tertiary alicyclic amines) is 1. The molecule has 28 heavy (non-hydrogen) atoms. The van der Waals surface area contributed by atoms with Gasteiger partial charge in [-0.2, -0.15) is 0 Å². The lowest BCUT2D eigenvalue weighted by atomic mass is 9.99. The second-order valence-corrected chi connectivity index (χ2v) is 7.24. The van der Waals surface area contributed by atoms with E-state index in [9.17, 15) is 9.59 Å². The molecule has 3 aromatic rings. The molecule has 4 rings (SSSR count). The fraction of sp³-hybridized carbons (Fsp3) is 0.333. The number of aryl methyl sites for hydroxylation is 2. The first-order valence-corrected chi connectivity index (χ1v) is 9.33. The Labute approximate surface area is 162 Å². The van der Waals surface area contributed by atoms with Crippen molar-refractivity contribution in [2.24, 2.45) is 0 Å². The van der Waals surface area contributed by atoms with Crippen LogP contribution in [0.3, 0.4) is 0 Å². The van der Waals surface area contributed by atoms with Crippen LogP contribution in [0.1, 0.15) is 50.0 Å². The van der Waals surface area contributed by atoms with Crippen molar-refractivity contribution in [3.63, 3.8) is 0 Å². The standard InChI is InChI=1S/C21H22N4O3/c1-12-5-4-6-14(9-12)21(27)25-8-7-15(11-25)18-17-16(19(26)22-3)10-13(2)23-20(17)28-24-18/h4-6,9-10,15H,7-8,11H2,1-3H3,(H,22,26). The molecule has 0 radical (unpaired) electrons. The molecular weight excluding hydrogens is 356 g/mol. The summed E-state index contributed by atoms with van der Waals surface area (Å²) in [7, 11) is 1.59. The van der Waals surface area contributed by atoms with Gasteiger partial charge in [0.2, 0.25) is 0 Å². The molecule has 1 aromatic carbocycles. The minimum atomic E-state index is -0.203. The van der Waals surface area contributed by atoms with Crippen molar-refractivity contribution in [2.75, 3.05) is 20.1 Å². The number of rotatable bonds is 3. The van der Waals surface area contributed by atoms with Gasteiger partial charge >= 0.3 is 0 Å². The van der Waals surface area contributed by atoms with E-state index < -0.39 is 0 Å². The lowest BCUT2D eigenvalue weighted by Gasteiger charge is -2.16. The van der Waals surface area contributed by atoms with Crippen molar-refractivity contribution in [2.45, 2.75) is 26.2 Å². The summed E-state index contributed by atoms with van der Waals surface area (Å²) in [5.74, 6) is -0.187. The normalized spacial score (nSPS) is 16.5. The van der Waals surface area contributed by atoms with E-state index in [1.165, 1.54) is 0 Å². The molecule has 1 atom stereocenters. The van der Waals surface area contributed by atoms with Gasteiger partial charge in [0.05, 0.1) is 16.6 Å². The number of nitrogens with zero attached hydrogens (tertiary/aromatic N) is 3. The smallest absolute Gasteiger partial charge is 0.259 e. The van der Waals surface area contributed by atoms with E-state index in [1.54, 1.807) is 13.1 Å². The number of benzene rings is 1. The summed E-state index contributed by atoms with van der Waals surface area (Å²) in [6.07, 6.45) is 0.764. The van der Waals surface area contributed by atoms with Gasteiger partial charge in [-0.1, -0.05) is 22.9 Å². The molecule has 0 saturated carbocycles. The molecule has 7 heteroatoms. The maximum absolute atomic E-state index is 12.8. The Bertz CT molecular complexity index is 1070. The van der Waals surface area contributed by atoms with Gasteiger partial charge in [0.1, 0.15) is 0 Å². The zero-order valence-corrected chi connectivity index (χ0v) is 16.2. The minimum Gasteiger partial charge on any atom is -0.355 e. The number of nitrogens with one attached hydrogen (secondary N) is 1. The van der Waals surface area contributed by atoms with Gasteiger partial charge in [0, 0.05) is 37.3 Å². The number of fused-ring (bicyclic) bond motifs is 1. The number of hydrogen-bond donors (Lipinski definition) is 1. The highest BCUT2D eigenvalue weighted by Gasteiger charge is 2.33. The summed E-state index contributed by atoms with van der Waals surface area (Å²) >= 11 is 0. The van der Waals surface area contributed by atoms with Gasteiger partial charge in [-0.05, 0) is 38.5 Å². The lowest BCUT2D eigenvalue weighted by molar-refractivity contribution is 0.0790. The maximum atomic E-state index is 12.8. The fourth-order valence-corrected chi connectivity index (χ4v) is 3.82. The zero-order chi connectivity index (χ0) is 19.8. The second kappa shape index (κ2) is 7.07. The van der Waals surface area contributed by atoms with E-state index in [-0.39, 0.29) is 17.7 Å². The van der Waals surface area contributed by atoms with E-state index in [0.717, 1.165) is 12.0 Å². The Morgan fingerprint density at radius 1 is 1.25 bits per heavy atom. The first kappa shape index (κ1) is 18.2. The first-order valence-electron chi connectivity index (χ1n) is 9.33. The summed E-state index contributed by atoms with van der Waals surface area (Å²) in [6.45, 7) is 4.96. The molecule has 0 spiro atoms. The third kappa shape index (κ3) is 3.13. The number of aromatic nitrogens is 2. The van der Waals surface area contributed by atoms with Crippen LogP contribution in [0.5, 0.6) is 0 Å². The summed E-state index contributed by atoms with van der Waals surface area (Å²) in [4.78, 5) is 31.4. The lowest BCUT2D eigenvalue weighted by Crippen LogP contribution is -2.28. The SMILES string of the molecule is CNC(=O)c1cc(C)nc2onc(C3CCN(C(=O)c4cccc(C)c4)C3)c12. The first-order chi connectivity index (χ1) is 13.5. The van der Waals surface area contributed by atoms with Crippen LogP contribution in [0.4, 0.5) is 0 Å². The molecule has 1 unspecified atom stereocenters. The number of hydrogen-bond acceptors (Lipinski definition) is 5. The van der Waals surface area contributed by atoms with E-state index in [0.29, 0.717) is 46.7 Å². The number of amides is 2. The van der Waals surface area contributed by atoms with Gasteiger partial charge < -0.3 is 14.7 Å². The van der Waals surface area contributed by atoms with Crippen molar-refractivity contribution in [1.82, 2.24) is 20.4 Å². The Balaban J connectivity index is 1.65. The van der Waals surface area contributed by atoms with Gasteiger partial charge in [0.15, 0.2) is 0 Å². The quantitative estimate of drug-likeness (QED) is 0.757. The number of carbonyl (C=O) groups excluding carboxylic acids is 2. The van der Waals surface area contributed by atoms with E-state index >= 15 is 0 Å². The molecule has 144 valence electrons. The van der Waals surface area contributed by atoms with E-state index in [1.807, 2.05) is 43.0 Å². The molecule has 3 heterocycles. The van der Waals surface area contributed by atoms with Crippen LogP contribution in [0.15, 0.2) is 34.9 Å². The van der Waals surface area contributed by atoms with Crippen LogP contribution in [0, 0.1) is 13.8 Å². The third-order valence-electron chi connectivity index (χ3n) is 5.20. The average Bonchev–Trinajstić information content (AvgIpc) is 3.33. The third-order valence-corrected chi connectivity index (χ3v) is 5.20. The highest BCUT2D eigenvalue weighted by atomic mass is 16.5.